The molecule has 1 saturated carbocycles. The molecule has 0 aromatic rings. The third kappa shape index (κ3) is 3.97. The Morgan fingerprint density at radius 3 is 2.41 bits per heavy atom. The molecule has 5 fully saturated rings. The third-order valence-corrected chi connectivity index (χ3v) is 8.51. The first-order valence-corrected chi connectivity index (χ1v) is 12.1. The number of ether oxygens (including phenoxy) is 1. The van der Waals surface area contributed by atoms with Crippen LogP contribution in [0.5, 0.6) is 0 Å². The molecule has 0 unspecified atom stereocenters. The molecular weight excluding hydrogens is 409 g/mol. The molecule has 1 N–H and O–H groups in total. The van der Waals surface area contributed by atoms with Crippen molar-refractivity contribution >= 4 is 19.1 Å². The number of carbonyl (C=O) groups is 2. The SMILES string of the molecule is CC1(C)OB(C=C2CCC3(CC2)CN(C(=O)N2CC[C@@H]4OCC(=O)N[C@@H]4C2)C3)OC1(C)C. The van der Waals surface area contributed by atoms with Gasteiger partial charge in [0.1, 0.15) is 6.61 Å². The van der Waals surface area contributed by atoms with Crippen molar-refractivity contribution in [1.82, 2.24) is 15.1 Å². The number of hydrogen-bond donors (Lipinski definition) is 1. The third-order valence-electron chi connectivity index (χ3n) is 8.51. The minimum Gasteiger partial charge on any atom is -0.400 e. The van der Waals surface area contributed by atoms with Crippen LogP contribution in [0.2, 0.25) is 0 Å². The number of rotatable bonds is 1. The van der Waals surface area contributed by atoms with Gasteiger partial charge in [0.05, 0.1) is 23.3 Å². The average molecular weight is 445 g/mol. The van der Waals surface area contributed by atoms with Gasteiger partial charge in [-0.1, -0.05) is 11.5 Å². The molecule has 5 aliphatic rings. The minimum atomic E-state index is -0.305. The number of nitrogens with zero attached hydrogens (tertiary/aromatic N) is 2. The molecule has 0 aromatic heterocycles. The highest BCUT2D eigenvalue weighted by molar-refractivity contribution is 6.51. The number of morpholine rings is 1. The Hall–Kier alpha value is -1.58. The molecule has 2 atom stereocenters. The van der Waals surface area contributed by atoms with Crippen molar-refractivity contribution in [2.24, 2.45) is 5.41 Å². The predicted molar refractivity (Wildman–Crippen MR) is 120 cm³/mol. The van der Waals surface area contributed by atoms with Gasteiger partial charge >= 0.3 is 13.1 Å². The summed E-state index contributed by atoms with van der Waals surface area (Å²) in [5.41, 5.74) is 1.05. The molecule has 4 heterocycles. The first-order chi connectivity index (χ1) is 15.1. The maximum Gasteiger partial charge on any atom is 0.487 e. The molecule has 0 radical (unpaired) electrons. The summed E-state index contributed by atoms with van der Waals surface area (Å²) in [4.78, 5) is 28.5. The minimum absolute atomic E-state index is 0.0343. The molecule has 32 heavy (non-hydrogen) atoms. The highest BCUT2D eigenvalue weighted by Gasteiger charge is 2.51. The lowest BCUT2D eigenvalue weighted by Crippen LogP contribution is -2.66. The molecule has 4 saturated heterocycles. The number of likely N-dealkylation sites (tertiary alicyclic amines) is 2. The second-order valence-corrected chi connectivity index (χ2v) is 11.3. The van der Waals surface area contributed by atoms with Gasteiger partial charge in [-0.2, -0.15) is 0 Å². The molecular formula is C23H36BN3O5. The van der Waals surface area contributed by atoms with Crippen molar-refractivity contribution in [2.75, 3.05) is 32.8 Å². The van der Waals surface area contributed by atoms with Gasteiger partial charge in [0.2, 0.25) is 5.91 Å². The van der Waals surface area contributed by atoms with Crippen molar-refractivity contribution in [1.29, 1.82) is 0 Å². The summed E-state index contributed by atoms with van der Waals surface area (Å²) in [7, 11) is -0.268. The topological polar surface area (TPSA) is 80.3 Å². The molecule has 1 spiro atoms. The van der Waals surface area contributed by atoms with Crippen LogP contribution in [0.15, 0.2) is 11.5 Å². The highest BCUT2D eigenvalue weighted by Crippen LogP contribution is 2.46. The van der Waals surface area contributed by atoms with Gasteiger partial charge in [0.15, 0.2) is 0 Å². The van der Waals surface area contributed by atoms with Crippen molar-refractivity contribution in [2.45, 2.75) is 83.1 Å². The first kappa shape index (κ1) is 22.2. The predicted octanol–water partition coefficient (Wildman–Crippen LogP) is 2.13. The standard InChI is InChI=1S/C23H36BN3O5/c1-21(2)22(3,4)32-24(31-21)11-16-5-8-23(9-6-16)14-27(15-23)20(29)26-10-7-18-17(12-26)25-19(28)13-30-18/h11,17-18H,5-10,12-15H2,1-4H3,(H,25,28)/t17-,18+/m1/s1. The number of amides is 3. The number of allylic oxidation sites excluding steroid dienone is 1. The summed E-state index contributed by atoms with van der Waals surface area (Å²) < 4.78 is 17.9. The lowest BCUT2D eigenvalue weighted by molar-refractivity contribution is -0.140. The van der Waals surface area contributed by atoms with Gasteiger partial charge in [-0.25, -0.2) is 4.79 Å². The average Bonchev–Trinajstić information content (AvgIpc) is 2.91. The summed E-state index contributed by atoms with van der Waals surface area (Å²) >= 11 is 0. The summed E-state index contributed by atoms with van der Waals surface area (Å²) in [6, 6.07) is 0.0222. The van der Waals surface area contributed by atoms with E-state index < -0.39 is 0 Å². The van der Waals surface area contributed by atoms with Gasteiger partial charge in [-0.05, 0) is 59.8 Å². The first-order valence-electron chi connectivity index (χ1n) is 12.1. The number of fused-ring (bicyclic) bond motifs is 1. The fourth-order valence-electron chi connectivity index (χ4n) is 5.71. The molecule has 0 bridgehead atoms. The Bertz CT molecular complexity index is 794. The van der Waals surface area contributed by atoms with E-state index in [4.69, 9.17) is 14.0 Å². The van der Waals surface area contributed by atoms with E-state index in [9.17, 15) is 9.59 Å². The Kier molecular flexibility index (Phi) is 5.38. The Balaban J connectivity index is 1.11. The Morgan fingerprint density at radius 2 is 1.75 bits per heavy atom. The number of piperidine rings is 1. The molecule has 1 aliphatic carbocycles. The zero-order valence-electron chi connectivity index (χ0n) is 19.8. The van der Waals surface area contributed by atoms with Crippen molar-refractivity contribution in [3.63, 3.8) is 0 Å². The van der Waals surface area contributed by atoms with Gasteiger partial charge in [0, 0.05) is 31.6 Å². The van der Waals surface area contributed by atoms with Crippen LogP contribution in [0.4, 0.5) is 4.79 Å². The van der Waals surface area contributed by atoms with Gasteiger partial charge in [-0.3, -0.25) is 4.79 Å². The molecule has 4 aliphatic heterocycles. The Morgan fingerprint density at radius 1 is 1.09 bits per heavy atom. The summed E-state index contributed by atoms with van der Waals surface area (Å²) in [5, 5.41) is 2.98. The van der Waals surface area contributed by atoms with Crippen LogP contribution < -0.4 is 5.32 Å². The normalized spacial score (nSPS) is 32.9. The second-order valence-electron chi connectivity index (χ2n) is 11.3. The van der Waals surface area contributed by atoms with E-state index in [-0.39, 0.29) is 54.4 Å². The molecule has 176 valence electrons. The molecule has 3 amide bonds. The van der Waals surface area contributed by atoms with Crippen LogP contribution in [0.25, 0.3) is 0 Å². The van der Waals surface area contributed by atoms with E-state index in [0.717, 1.165) is 45.2 Å². The van der Waals surface area contributed by atoms with Crippen molar-refractivity contribution in [3.8, 4) is 0 Å². The van der Waals surface area contributed by atoms with Gasteiger partial charge in [0.25, 0.3) is 0 Å². The highest BCUT2D eigenvalue weighted by atomic mass is 16.7. The van der Waals surface area contributed by atoms with Crippen LogP contribution in [-0.4, -0.2) is 85.0 Å². The van der Waals surface area contributed by atoms with Crippen LogP contribution in [-0.2, 0) is 18.8 Å². The van der Waals surface area contributed by atoms with Crippen molar-refractivity contribution < 1.29 is 23.6 Å². The van der Waals surface area contributed by atoms with E-state index in [1.165, 1.54) is 5.57 Å². The fraction of sp³-hybridized carbons (Fsp3) is 0.826. The molecule has 5 rings (SSSR count). The molecule has 9 heteroatoms. The van der Waals surface area contributed by atoms with Crippen LogP contribution in [0, 0.1) is 5.41 Å². The van der Waals surface area contributed by atoms with E-state index >= 15 is 0 Å². The maximum atomic E-state index is 13.0. The van der Waals surface area contributed by atoms with E-state index in [1.54, 1.807) is 0 Å². The second kappa shape index (κ2) is 7.74. The summed E-state index contributed by atoms with van der Waals surface area (Å²) in [5.74, 6) is 2.09. The van der Waals surface area contributed by atoms with Crippen LogP contribution in [0.1, 0.15) is 59.8 Å². The number of urea groups is 1. The number of carbonyl (C=O) groups excluding carboxylic acids is 2. The van der Waals surface area contributed by atoms with Gasteiger partial charge < -0.3 is 29.2 Å². The van der Waals surface area contributed by atoms with Crippen LogP contribution >= 0.6 is 0 Å². The molecule has 0 aromatic carbocycles. The summed E-state index contributed by atoms with van der Waals surface area (Å²) in [6.07, 6.45) is 5.12. The van der Waals surface area contributed by atoms with Gasteiger partial charge in [-0.15, -0.1) is 0 Å². The smallest absolute Gasteiger partial charge is 0.400 e. The van der Waals surface area contributed by atoms with E-state index in [1.807, 2.05) is 9.80 Å². The largest absolute Gasteiger partial charge is 0.487 e. The van der Waals surface area contributed by atoms with Crippen LogP contribution in [0.3, 0.4) is 0 Å². The number of nitrogens with one attached hydrogen (secondary N) is 1. The number of hydrogen-bond acceptors (Lipinski definition) is 5. The zero-order chi connectivity index (χ0) is 22.7. The lowest BCUT2D eigenvalue weighted by atomic mass is 9.66. The lowest BCUT2D eigenvalue weighted by Gasteiger charge is -2.54. The summed E-state index contributed by atoms with van der Waals surface area (Å²) in [6.45, 7) is 11.4. The molecule has 8 nitrogen and oxygen atoms in total. The maximum absolute atomic E-state index is 13.0. The van der Waals surface area contributed by atoms with Crippen molar-refractivity contribution in [3.05, 3.63) is 11.5 Å². The quantitative estimate of drug-likeness (QED) is 0.626. The monoisotopic (exact) mass is 445 g/mol. The fourth-order valence-corrected chi connectivity index (χ4v) is 5.71. The van der Waals surface area contributed by atoms with E-state index in [0.29, 0.717) is 13.1 Å². The Labute approximate surface area is 191 Å². The zero-order valence-corrected chi connectivity index (χ0v) is 19.8. The van der Waals surface area contributed by atoms with E-state index in [2.05, 4.69) is 39.0 Å².